The Morgan fingerprint density at radius 1 is 1.15 bits per heavy atom. The van der Waals surface area contributed by atoms with Crippen molar-refractivity contribution >= 4 is 22.8 Å². The molecule has 102 valence electrons. The van der Waals surface area contributed by atoms with Gasteiger partial charge in [-0.25, -0.2) is 4.98 Å². The summed E-state index contributed by atoms with van der Waals surface area (Å²) >= 11 is 0. The molecule has 0 aliphatic heterocycles. The van der Waals surface area contributed by atoms with Crippen LogP contribution >= 0.6 is 0 Å². The number of hydrogen-bond donors (Lipinski definition) is 2. The van der Waals surface area contributed by atoms with Crippen molar-refractivity contribution in [3.8, 4) is 0 Å². The summed E-state index contributed by atoms with van der Waals surface area (Å²) in [6.07, 6.45) is 10.4. The summed E-state index contributed by atoms with van der Waals surface area (Å²) in [6, 6.07) is 9.64. The predicted molar refractivity (Wildman–Crippen MR) is 84.1 cm³/mol. The third kappa shape index (κ3) is 3.68. The Labute approximate surface area is 118 Å². The van der Waals surface area contributed by atoms with Gasteiger partial charge in [0.15, 0.2) is 0 Å². The molecule has 0 aliphatic carbocycles. The van der Waals surface area contributed by atoms with Gasteiger partial charge in [0.2, 0.25) is 0 Å². The first kappa shape index (κ1) is 13.8. The third-order valence-electron chi connectivity index (χ3n) is 2.70. The first-order valence-corrected chi connectivity index (χ1v) is 6.56. The normalized spacial score (nSPS) is 10.4. The lowest BCUT2D eigenvalue weighted by atomic mass is 10.2. The molecule has 0 atom stereocenters. The van der Waals surface area contributed by atoms with Crippen molar-refractivity contribution in [1.82, 2.24) is 15.0 Å². The molecule has 3 aromatic rings. The van der Waals surface area contributed by atoms with Gasteiger partial charge in [-0.2, -0.15) is 0 Å². The number of fused-ring (bicyclic) bond motifs is 1. The number of anilines is 1. The van der Waals surface area contributed by atoms with Crippen molar-refractivity contribution in [3.63, 3.8) is 0 Å². The highest BCUT2D eigenvalue weighted by molar-refractivity contribution is 5.74. The second kappa shape index (κ2) is 7.09. The zero-order valence-electron chi connectivity index (χ0n) is 11.5. The first-order chi connectivity index (χ1) is 9.81. The Morgan fingerprint density at radius 3 is 2.70 bits per heavy atom. The van der Waals surface area contributed by atoms with Crippen molar-refractivity contribution in [3.05, 3.63) is 60.7 Å². The van der Waals surface area contributed by atoms with Gasteiger partial charge in [-0.15, -0.1) is 0 Å². The highest BCUT2D eigenvalue weighted by Crippen LogP contribution is 2.08. The van der Waals surface area contributed by atoms with Crippen LogP contribution in [-0.4, -0.2) is 15.0 Å². The molecule has 0 saturated heterocycles. The van der Waals surface area contributed by atoms with E-state index in [-0.39, 0.29) is 0 Å². The van der Waals surface area contributed by atoms with E-state index in [1.807, 2.05) is 48.7 Å². The van der Waals surface area contributed by atoms with Gasteiger partial charge < -0.3 is 10.7 Å². The lowest BCUT2D eigenvalue weighted by Crippen LogP contribution is -1.90. The first-order valence-electron chi connectivity index (χ1n) is 6.56. The standard InChI is InChI=1S/C9H12N2.C7H6N2/c1-2-3-6-9-8(10)5-4-7-11-9;1-2-6-3-5-9-7(6)8-4-1/h3-7H,2,10H2,1H3;1-5H,(H,8,9)/b6-3-;. The number of allylic oxidation sites excluding steroid dienone is 1. The largest absolute Gasteiger partial charge is 0.397 e. The predicted octanol–water partition coefficient (Wildman–Crippen LogP) is 3.65. The molecule has 0 bridgehead atoms. The van der Waals surface area contributed by atoms with E-state index in [2.05, 4.69) is 21.9 Å². The minimum atomic E-state index is 0.734. The van der Waals surface area contributed by atoms with Gasteiger partial charge in [0.1, 0.15) is 5.65 Å². The molecule has 0 spiro atoms. The average Bonchev–Trinajstić information content (AvgIpc) is 2.96. The van der Waals surface area contributed by atoms with E-state index >= 15 is 0 Å². The summed E-state index contributed by atoms with van der Waals surface area (Å²) in [7, 11) is 0. The number of nitrogens with one attached hydrogen (secondary N) is 1. The quantitative estimate of drug-likeness (QED) is 0.744. The number of aromatic nitrogens is 3. The smallest absolute Gasteiger partial charge is 0.137 e. The minimum absolute atomic E-state index is 0.734. The van der Waals surface area contributed by atoms with E-state index in [4.69, 9.17) is 5.73 Å². The van der Waals surface area contributed by atoms with Gasteiger partial charge in [-0.3, -0.25) is 4.98 Å². The molecular formula is C16H18N4. The van der Waals surface area contributed by atoms with Gasteiger partial charge in [0.05, 0.1) is 11.4 Å². The molecule has 0 aliphatic rings. The summed E-state index contributed by atoms with van der Waals surface area (Å²) in [6.45, 7) is 2.08. The maximum atomic E-state index is 5.65. The number of hydrogen-bond acceptors (Lipinski definition) is 3. The molecule has 0 radical (unpaired) electrons. The van der Waals surface area contributed by atoms with Gasteiger partial charge in [-0.05, 0) is 42.8 Å². The fourth-order valence-corrected chi connectivity index (χ4v) is 1.68. The van der Waals surface area contributed by atoms with E-state index in [9.17, 15) is 0 Å². The number of aromatic amines is 1. The zero-order valence-corrected chi connectivity index (χ0v) is 11.5. The number of H-pyrrole nitrogens is 1. The second-order valence-electron chi connectivity index (χ2n) is 4.21. The number of nitrogens with two attached hydrogens (primary N) is 1. The Morgan fingerprint density at radius 2 is 1.95 bits per heavy atom. The molecule has 0 amide bonds. The Hall–Kier alpha value is -2.62. The van der Waals surface area contributed by atoms with E-state index in [1.54, 1.807) is 12.4 Å². The van der Waals surface area contributed by atoms with Crippen molar-refractivity contribution in [2.75, 3.05) is 5.73 Å². The fourth-order valence-electron chi connectivity index (χ4n) is 1.68. The van der Waals surface area contributed by atoms with Crippen LogP contribution in [0.2, 0.25) is 0 Å². The number of nitrogens with zero attached hydrogens (tertiary/aromatic N) is 2. The van der Waals surface area contributed by atoms with Crippen LogP contribution in [0, 0.1) is 0 Å². The van der Waals surface area contributed by atoms with Crippen LogP contribution in [0.25, 0.3) is 17.1 Å². The molecular weight excluding hydrogens is 248 g/mol. The lowest BCUT2D eigenvalue weighted by molar-refractivity contribution is 1.22. The summed E-state index contributed by atoms with van der Waals surface area (Å²) in [5.41, 5.74) is 8.19. The molecule has 0 fully saturated rings. The third-order valence-corrected chi connectivity index (χ3v) is 2.70. The van der Waals surface area contributed by atoms with Crippen LogP contribution in [0.15, 0.2) is 55.0 Å². The van der Waals surface area contributed by atoms with Crippen LogP contribution in [-0.2, 0) is 0 Å². The minimum Gasteiger partial charge on any atom is -0.397 e. The van der Waals surface area contributed by atoms with Crippen LogP contribution < -0.4 is 5.73 Å². The molecule has 20 heavy (non-hydrogen) atoms. The molecule has 3 rings (SSSR count). The van der Waals surface area contributed by atoms with Crippen LogP contribution in [0.5, 0.6) is 0 Å². The molecule has 3 N–H and O–H groups in total. The average molecular weight is 266 g/mol. The topological polar surface area (TPSA) is 67.6 Å². The summed E-state index contributed by atoms with van der Waals surface area (Å²) in [4.78, 5) is 11.2. The van der Waals surface area contributed by atoms with E-state index in [1.165, 1.54) is 0 Å². The number of rotatable bonds is 2. The van der Waals surface area contributed by atoms with Crippen LogP contribution in [0.1, 0.15) is 19.0 Å². The number of pyridine rings is 2. The van der Waals surface area contributed by atoms with Crippen molar-refractivity contribution < 1.29 is 0 Å². The van der Waals surface area contributed by atoms with Gasteiger partial charge in [-0.1, -0.05) is 13.0 Å². The number of nitrogen functional groups attached to an aromatic ring is 1. The maximum absolute atomic E-state index is 5.65. The van der Waals surface area contributed by atoms with Gasteiger partial charge in [0, 0.05) is 24.0 Å². The van der Waals surface area contributed by atoms with Crippen LogP contribution in [0.3, 0.4) is 0 Å². The Kier molecular flexibility index (Phi) is 4.89. The zero-order chi connectivity index (χ0) is 14.2. The molecule has 0 aromatic carbocycles. The van der Waals surface area contributed by atoms with Crippen molar-refractivity contribution in [2.45, 2.75) is 13.3 Å². The van der Waals surface area contributed by atoms with Gasteiger partial charge in [0.25, 0.3) is 0 Å². The summed E-state index contributed by atoms with van der Waals surface area (Å²) in [5.74, 6) is 0. The van der Waals surface area contributed by atoms with Crippen LogP contribution in [0.4, 0.5) is 5.69 Å². The van der Waals surface area contributed by atoms with Crippen molar-refractivity contribution in [1.29, 1.82) is 0 Å². The van der Waals surface area contributed by atoms with E-state index in [0.717, 1.165) is 28.8 Å². The molecule has 3 aromatic heterocycles. The fraction of sp³-hybridized carbons (Fsp3) is 0.125. The monoisotopic (exact) mass is 266 g/mol. The van der Waals surface area contributed by atoms with E-state index < -0.39 is 0 Å². The van der Waals surface area contributed by atoms with E-state index in [0.29, 0.717) is 0 Å². The second-order valence-corrected chi connectivity index (χ2v) is 4.21. The molecule has 0 unspecified atom stereocenters. The molecule has 4 heteroatoms. The Bertz CT molecular complexity index is 655. The Balaban J connectivity index is 0.000000149. The molecule has 4 nitrogen and oxygen atoms in total. The highest BCUT2D eigenvalue weighted by atomic mass is 14.8. The summed E-state index contributed by atoms with van der Waals surface area (Å²) < 4.78 is 0. The summed E-state index contributed by atoms with van der Waals surface area (Å²) in [5, 5.41) is 1.16. The molecule has 3 heterocycles. The van der Waals surface area contributed by atoms with Gasteiger partial charge >= 0.3 is 0 Å². The highest BCUT2D eigenvalue weighted by Gasteiger charge is 1.91. The SMILES string of the molecule is CC/C=C\c1ncccc1N.c1cnc2[nH]ccc2c1. The molecule has 0 saturated carbocycles. The maximum Gasteiger partial charge on any atom is 0.137 e. The van der Waals surface area contributed by atoms with Crippen molar-refractivity contribution in [2.24, 2.45) is 0 Å². The lowest BCUT2D eigenvalue weighted by Gasteiger charge is -1.95.